The molecule has 0 saturated heterocycles. The smallest absolute Gasteiger partial charge is 0.188 e. The van der Waals surface area contributed by atoms with Gasteiger partial charge in [0, 0.05) is 29.7 Å². The zero-order chi connectivity index (χ0) is 18.2. The third-order valence-corrected chi connectivity index (χ3v) is 4.82. The van der Waals surface area contributed by atoms with Gasteiger partial charge in [0.25, 0.3) is 0 Å². The number of aliphatic imine (C=N–C) groups is 1. The first-order valence-electron chi connectivity index (χ1n) is 8.40. The van der Waals surface area contributed by atoms with Gasteiger partial charge in [-0.15, -0.1) is 35.3 Å². The van der Waals surface area contributed by atoms with Crippen molar-refractivity contribution in [3.63, 3.8) is 0 Å². The lowest BCUT2D eigenvalue weighted by Crippen LogP contribution is -2.33. The number of rotatable bonds is 7. The second-order valence-corrected chi connectivity index (χ2v) is 6.73. The highest BCUT2D eigenvalue weighted by atomic mass is 127. The van der Waals surface area contributed by atoms with Crippen LogP contribution < -0.4 is 15.8 Å². The van der Waals surface area contributed by atoms with Gasteiger partial charge >= 0.3 is 0 Å². The lowest BCUT2D eigenvalue weighted by molar-refractivity contribution is 0.415. The van der Waals surface area contributed by atoms with Crippen LogP contribution in [-0.4, -0.2) is 24.6 Å². The van der Waals surface area contributed by atoms with Crippen LogP contribution in [0.5, 0.6) is 5.75 Å². The molecule has 0 spiro atoms. The minimum Gasteiger partial charge on any atom is -0.497 e. The Hall–Kier alpha value is -2.13. The normalized spacial score (nSPS) is 10.9. The van der Waals surface area contributed by atoms with E-state index >= 15 is 0 Å². The van der Waals surface area contributed by atoms with E-state index < -0.39 is 0 Å². The molecule has 1 aromatic carbocycles. The molecule has 0 bridgehead atoms. The molecule has 0 saturated carbocycles. The van der Waals surface area contributed by atoms with Gasteiger partial charge in [-0.2, -0.15) is 0 Å². The largest absolute Gasteiger partial charge is 0.497 e. The van der Waals surface area contributed by atoms with Crippen LogP contribution >= 0.6 is 35.3 Å². The van der Waals surface area contributed by atoms with Crippen molar-refractivity contribution in [3.8, 4) is 16.9 Å². The van der Waals surface area contributed by atoms with Gasteiger partial charge in [-0.25, -0.2) is 4.99 Å². The third kappa shape index (κ3) is 6.51. The van der Waals surface area contributed by atoms with Crippen molar-refractivity contribution < 1.29 is 4.74 Å². The molecule has 3 rings (SSSR count). The molecule has 0 aliphatic heterocycles. The zero-order valence-corrected chi connectivity index (χ0v) is 18.2. The molecule has 0 aliphatic rings. The Bertz CT molecular complexity index is 850. The molecule has 0 radical (unpaired) electrons. The summed E-state index contributed by atoms with van der Waals surface area (Å²) in [5.74, 6) is 1.32. The van der Waals surface area contributed by atoms with Gasteiger partial charge in [0.1, 0.15) is 5.75 Å². The average molecular weight is 494 g/mol. The standard InChI is InChI=1S/C20H22N4OS.HI/c1-25-18-7-5-15(6-8-18)16-12-19(26-14-16)13-24-20(21)23-11-9-17-4-2-3-10-22-17;/h2-8,10,12,14H,9,11,13H2,1H3,(H3,21,23,24);1H. The fraction of sp³-hybridized carbons (Fsp3) is 0.200. The van der Waals surface area contributed by atoms with Crippen LogP contribution in [0, 0.1) is 0 Å². The number of methoxy groups -OCH3 is 1. The molecule has 0 aliphatic carbocycles. The van der Waals surface area contributed by atoms with Crippen molar-refractivity contribution >= 4 is 41.3 Å². The van der Waals surface area contributed by atoms with Crippen molar-refractivity contribution in [1.29, 1.82) is 0 Å². The summed E-state index contributed by atoms with van der Waals surface area (Å²) < 4.78 is 5.20. The quantitative estimate of drug-likeness (QED) is 0.295. The van der Waals surface area contributed by atoms with Gasteiger partial charge in [0.2, 0.25) is 0 Å². The van der Waals surface area contributed by atoms with Crippen molar-refractivity contribution in [2.45, 2.75) is 13.0 Å². The van der Waals surface area contributed by atoms with E-state index in [1.54, 1.807) is 24.6 Å². The molecule has 2 aromatic heterocycles. The highest BCUT2D eigenvalue weighted by Gasteiger charge is 2.03. The van der Waals surface area contributed by atoms with E-state index in [4.69, 9.17) is 10.5 Å². The summed E-state index contributed by atoms with van der Waals surface area (Å²) in [4.78, 5) is 9.87. The van der Waals surface area contributed by atoms with Crippen molar-refractivity contribution in [2.24, 2.45) is 10.7 Å². The van der Waals surface area contributed by atoms with Crippen LogP contribution in [0.2, 0.25) is 0 Å². The molecule has 5 nitrogen and oxygen atoms in total. The molecular formula is C20H23IN4OS. The number of aromatic nitrogens is 1. The number of benzene rings is 1. The molecule has 0 atom stereocenters. The lowest BCUT2D eigenvalue weighted by Gasteiger charge is -2.04. The summed E-state index contributed by atoms with van der Waals surface area (Å²) in [6.45, 7) is 1.29. The number of ether oxygens (including phenoxy) is 1. The topological polar surface area (TPSA) is 72.5 Å². The van der Waals surface area contributed by atoms with Gasteiger partial charge < -0.3 is 15.8 Å². The Labute approximate surface area is 180 Å². The number of halogens is 1. The van der Waals surface area contributed by atoms with E-state index in [0.717, 1.165) is 17.9 Å². The summed E-state index contributed by atoms with van der Waals surface area (Å²) in [5, 5.41) is 5.27. The first-order chi connectivity index (χ1) is 12.7. The number of hydrogen-bond donors (Lipinski definition) is 2. The van der Waals surface area contributed by atoms with E-state index in [9.17, 15) is 0 Å². The molecule has 3 N–H and O–H groups in total. The van der Waals surface area contributed by atoms with E-state index in [0.29, 0.717) is 19.0 Å². The van der Waals surface area contributed by atoms with Crippen molar-refractivity contribution in [2.75, 3.05) is 13.7 Å². The number of guanidine groups is 1. The maximum atomic E-state index is 5.94. The van der Waals surface area contributed by atoms with Gasteiger partial charge in [-0.1, -0.05) is 18.2 Å². The molecule has 7 heteroatoms. The minimum absolute atomic E-state index is 0. The second kappa shape index (κ2) is 10.9. The number of nitrogens with two attached hydrogens (primary N) is 1. The molecule has 3 aromatic rings. The summed E-state index contributed by atoms with van der Waals surface area (Å²) >= 11 is 1.69. The van der Waals surface area contributed by atoms with Crippen molar-refractivity contribution in [3.05, 3.63) is 70.7 Å². The van der Waals surface area contributed by atoms with E-state index in [-0.39, 0.29) is 24.0 Å². The highest BCUT2D eigenvalue weighted by molar-refractivity contribution is 14.0. The van der Waals surface area contributed by atoms with Crippen LogP contribution in [0.3, 0.4) is 0 Å². The fourth-order valence-electron chi connectivity index (χ4n) is 2.48. The highest BCUT2D eigenvalue weighted by Crippen LogP contribution is 2.27. The molecule has 0 amide bonds. The predicted octanol–water partition coefficient (Wildman–Crippen LogP) is 4.08. The SMILES string of the molecule is COc1ccc(-c2csc(CN=C(N)NCCc3ccccn3)c2)cc1.I. The average Bonchev–Trinajstić information content (AvgIpc) is 3.16. The number of thiophene rings is 1. The maximum absolute atomic E-state index is 5.94. The Morgan fingerprint density at radius 1 is 1.19 bits per heavy atom. The number of nitrogens with one attached hydrogen (secondary N) is 1. The van der Waals surface area contributed by atoms with E-state index in [1.165, 1.54) is 16.0 Å². The number of pyridine rings is 1. The Balaban J connectivity index is 0.00000261. The zero-order valence-electron chi connectivity index (χ0n) is 15.1. The number of nitrogens with zero attached hydrogens (tertiary/aromatic N) is 2. The number of hydrogen-bond acceptors (Lipinski definition) is 4. The minimum atomic E-state index is 0. The Morgan fingerprint density at radius 3 is 2.70 bits per heavy atom. The van der Waals surface area contributed by atoms with Gasteiger partial charge in [-0.05, 0) is 46.8 Å². The first kappa shape index (κ1) is 21.2. The fourth-order valence-corrected chi connectivity index (χ4v) is 3.30. The van der Waals surface area contributed by atoms with Gasteiger partial charge in [0.15, 0.2) is 5.96 Å². The lowest BCUT2D eigenvalue weighted by atomic mass is 10.1. The van der Waals surface area contributed by atoms with Gasteiger partial charge in [-0.3, -0.25) is 4.98 Å². The van der Waals surface area contributed by atoms with Crippen LogP contribution in [0.1, 0.15) is 10.6 Å². The van der Waals surface area contributed by atoms with Crippen LogP contribution in [0.25, 0.3) is 11.1 Å². The predicted molar refractivity (Wildman–Crippen MR) is 123 cm³/mol. The second-order valence-electron chi connectivity index (χ2n) is 5.73. The monoisotopic (exact) mass is 494 g/mol. The van der Waals surface area contributed by atoms with E-state index in [2.05, 4.69) is 38.9 Å². The maximum Gasteiger partial charge on any atom is 0.188 e. The van der Waals surface area contributed by atoms with E-state index in [1.807, 2.05) is 30.3 Å². The van der Waals surface area contributed by atoms with Crippen LogP contribution in [0.15, 0.2) is 65.1 Å². The molecule has 27 heavy (non-hydrogen) atoms. The van der Waals surface area contributed by atoms with Crippen molar-refractivity contribution in [1.82, 2.24) is 10.3 Å². The summed E-state index contributed by atoms with van der Waals surface area (Å²) in [7, 11) is 1.67. The summed E-state index contributed by atoms with van der Waals surface area (Å²) in [5.41, 5.74) is 9.33. The molecule has 2 heterocycles. The Kier molecular flexibility index (Phi) is 8.53. The van der Waals surface area contributed by atoms with Crippen LogP contribution in [0.4, 0.5) is 0 Å². The van der Waals surface area contributed by atoms with Crippen LogP contribution in [-0.2, 0) is 13.0 Å². The summed E-state index contributed by atoms with van der Waals surface area (Å²) in [6, 6.07) is 16.1. The summed E-state index contributed by atoms with van der Waals surface area (Å²) in [6.07, 6.45) is 2.61. The molecule has 0 fully saturated rings. The third-order valence-electron chi connectivity index (χ3n) is 3.90. The van der Waals surface area contributed by atoms with Gasteiger partial charge in [0.05, 0.1) is 13.7 Å². The molecule has 142 valence electrons. The Morgan fingerprint density at radius 2 is 2.00 bits per heavy atom. The first-order valence-corrected chi connectivity index (χ1v) is 9.28. The molecular weight excluding hydrogens is 471 g/mol. The molecule has 0 unspecified atom stereocenters.